The average Bonchev–Trinajstić information content (AvgIpc) is 2.85. The predicted molar refractivity (Wildman–Crippen MR) is 152 cm³/mol. The monoisotopic (exact) mass is 480 g/mol. The third kappa shape index (κ3) is 10.5. The van der Waals surface area contributed by atoms with Crippen LogP contribution in [0.25, 0.3) is 0 Å². The molecule has 0 amide bonds. The summed E-state index contributed by atoms with van der Waals surface area (Å²) in [6, 6.07) is 8.89. The summed E-state index contributed by atoms with van der Waals surface area (Å²) in [5.41, 5.74) is 6.28. The summed E-state index contributed by atoms with van der Waals surface area (Å²) in [7, 11) is 0. The molecule has 0 heterocycles. The fourth-order valence-electron chi connectivity index (χ4n) is 5.14. The lowest BCUT2D eigenvalue weighted by Crippen LogP contribution is -2.10. The van der Waals surface area contributed by atoms with Crippen molar-refractivity contribution in [3.63, 3.8) is 0 Å². The zero-order valence-corrected chi connectivity index (χ0v) is 22.9. The van der Waals surface area contributed by atoms with Crippen LogP contribution in [0, 0.1) is 5.92 Å². The number of rotatable bonds is 14. The van der Waals surface area contributed by atoms with Crippen LogP contribution in [0.4, 0.5) is 0 Å². The molecule has 3 rings (SSSR count). The van der Waals surface area contributed by atoms with Gasteiger partial charge in [-0.05, 0) is 115 Å². The molecule has 1 nitrogen and oxygen atoms in total. The molecule has 2 atom stereocenters. The normalized spacial score (nSPS) is 20.4. The molecule has 0 saturated carbocycles. The van der Waals surface area contributed by atoms with Gasteiger partial charge in [-0.2, -0.15) is 0 Å². The van der Waals surface area contributed by atoms with Crippen molar-refractivity contribution in [2.45, 2.75) is 116 Å². The molecule has 0 saturated heterocycles. The topological polar surface area (TPSA) is 9.23 Å². The lowest BCUT2D eigenvalue weighted by atomic mass is 9.84. The fourth-order valence-corrected chi connectivity index (χ4v) is 6.06. The van der Waals surface area contributed by atoms with Crippen LogP contribution >= 0.6 is 11.8 Å². The quantitative estimate of drug-likeness (QED) is 0.149. The molecule has 2 heteroatoms. The van der Waals surface area contributed by atoms with Crippen LogP contribution in [0.1, 0.15) is 110 Å². The minimum atomic E-state index is 0.728. The summed E-state index contributed by atoms with van der Waals surface area (Å²) < 4.78 is 6.05. The van der Waals surface area contributed by atoms with E-state index in [1.165, 1.54) is 101 Å². The number of hydrogen-bond donors (Lipinski definition) is 0. The molecule has 1 aromatic rings. The van der Waals surface area contributed by atoms with Crippen LogP contribution < -0.4 is 4.74 Å². The van der Waals surface area contributed by atoms with Crippen molar-refractivity contribution in [2.24, 2.45) is 5.92 Å². The second kappa shape index (κ2) is 15.6. The maximum Gasteiger partial charge on any atom is 0.134 e. The standard InChI is InChI=1S/C32H48OS/c1-4-5-6-9-27-19-23-32(24-20-27)34-25-33-31-21-17-30(18-22-31)16-15-29-13-11-28(12-14-29)10-7-8-26(2)3/h8,11,17-19,21-22,29,32H,4-7,9-10,12-16,20,23-25H2,1-3H3. The van der Waals surface area contributed by atoms with E-state index < -0.39 is 0 Å². The van der Waals surface area contributed by atoms with Gasteiger partial charge in [-0.3, -0.25) is 0 Å². The van der Waals surface area contributed by atoms with Crippen LogP contribution in [0.3, 0.4) is 0 Å². The van der Waals surface area contributed by atoms with Crippen LogP contribution in [0.5, 0.6) is 5.75 Å². The van der Waals surface area contributed by atoms with Gasteiger partial charge in [-0.25, -0.2) is 0 Å². The van der Waals surface area contributed by atoms with Gasteiger partial charge in [0.05, 0.1) is 0 Å². The highest BCUT2D eigenvalue weighted by Gasteiger charge is 2.16. The average molecular weight is 481 g/mol. The highest BCUT2D eigenvalue weighted by molar-refractivity contribution is 7.99. The lowest BCUT2D eigenvalue weighted by molar-refractivity contribution is 0.391. The molecule has 2 aliphatic rings. The molecule has 1 aromatic carbocycles. The molecule has 0 bridgehead atoms. The van der Waals surface area contributed by atoms with Gasteiger partial charge in [0.2, 0.25) is 0 Å². The van der Waals surface area contributed by atoms with Crippen LogP contribution in [-0.4, -0.2) is 11.2 Å². The third-order valence-corrected chi connectivity index (χ3v) is 8.64. The molecule has 0 spiro atoms. The Kier molecular flexibility index (Phi) is 12.4. The van der Waals surface area contributed by atoms with Gasteiger partial charge < -0.3 is 4.74 Å². The van der Waals surface area contributed by atoms with Gasteiger partial charge in [-0.15, -0.1) is 11.8 Å². The van der Waals surface area contributed by atoms with Crippen molar-refractivity contribution in [2.75, 3.05) is 5.94 Å². The summed E-state index contributed by atoms with van der Waals surface area (Å²) in [6.45, 7) is 6.68. The van der Waals surface area contributed by atoms with Gasteiger partial charge in [0, 0.05) is 5.25 Å². The molecule has 0 fully saturated rings. The molecule has 0 N–H and O–H groups in total. The first-order chi connectivity index (χ1) is 16.6. The zero-order chi connectivity index (χ0) is 24.0. The first-order valence-electron chi connectivity index (χ1n) is 13.9. The Labute approximate surface area is 214 Å². The largest absolute Gasteiger partial charge is 0.483 e. The molecule has 34 heavy (non-hydrogen) atoms. The molecule has 0 aliphatic heterocycles. The van der Waals surface area contributed by atoms with Crippen LogP contribution in [0.2, 0.25) is 0 Å². The second-order valence-corrected chi connectivity index (χ2v) is 11.9. The number of unbranched alkanes of at least 4 members (excludes halogenated alkanes) is 2. The highest BCUT2D eigenvalue weighted by Crippen LogP contribution is 2.31. The molecule has 188 valence electrons. The van der Waals surface area contributed by atoms with Gasteiger partial charge in [0.1, 0.15) is 11.7 Å². The van der Waals surface area contributed by atoms with E-state index in [4.69, 9.17) is 4.74 Å². The van der Waals surface area contributed by atoms with Crippen LogP contribution in [0.15, 0.2) is 59.2 Å². The lowest BCUT2D eigenvalue weighted by Gasteiger charge is -2.22. The number of allylic oxidation sites excluding steroid dienone is 6. The molecular formula is C32H48OS. The summed E-state index contributed by atoms with van der Waals surface area (Å²) in [6.07, 6.45) is 25.6. The predicted octanol–water partition coefficient (Wildman–Crippen LogP) is 10.2. The van der Waals surface area contributed by atoms with E-state index in [-0.39, 0.29) is 0 Å². The maximum atomic E-state index is 6.05. The first-order valence-corrected chi connectivity index (χ1v) is 15.0. The van der Waals surface area contributed by atoms with E-state index in [2.05, 4.69) is 63.3 Å². The number of benzene rings is 1. The Balaban J connectivity index is 1.29. The Morgan fingerprint density at radius 1 is 0.941 bits per heavy atom. The number of hydrogen-bond acceptors (Lipinski definition) is 2. The van der Waals surface area contributed by atoms with Gasteiger partial charge in [0.25, 0.3) is 0 Å². The highest BCUT2D eigenvalue weighted by atomic mass is 32.2. The third-order valence-electron chi connectivity index (χ3n) is 7.48. The van der Waals surface area contributed by atoms with E-state index in [9.17, 15) is 0 Å². The Bertz CT molecular complexity index is 797. The fraction of sp³-hybridized carbons (Fsp3) is 0.625. The Morgan fingerprint density at radius 2 is 1.71 bits per heavy atom. The van der Waals surface area contributed by atoms with Gasteiger partial charge >= 0.3 is 0 Å². The summed E-state index contributed by atoms with van der Waals surface area (Å²) >= 11 is 1.99. The summed E-state index contributed by atoms with van der Waals surface area (Å²) in [4.78, 5) is 0. The Hall–Kier alpha value is -1.41. The van der Waals surface area contributed by atoms with Gasteiger partial charge in [0.15, 0.2) is 0 Å². The van der Waals surface area contributed by atoms with Crippen molar-refractivity contribution in [3.05, 3.63) is 64.8 Å². The van der Waals surface area contributed by atoms with Crippen molar-refractivity contribution >= 4 is 11.8 Å². The minimum Gasteiger partial charge on any atom is -0.483 e. The minimum absolute atomic E-state index is 0.728. The van der Waals surface area contributed by atoms with Crippen molar-refractivity contribution < 1.29 is 4.74 Å². The number of ether oxygens (including phenoxy) is 1. The smallest absolute Gasteiger partial charge is 0.134 e. The SMILES string of the molecule is CCCCCC1=CCC(SCOc2ccc(CCC3CC=C(CCC=C(C)C)CC3)cc2)CC1. The van der Waals surface area contributed by atoms with Gasteiger partial charge in [-0.1, -0.05) is 66.8 Å². The van der Waals surface area contributed by atoms with E-state index in [1.807, 2.05) is 11.8 Å². The van der Waals surface area contributed by atoms with Crippen LogP contribution in [-0.2, 0) is 6.42 Å². The van der Waals surface area contributed by atoms with E-state index in [1.54, 1.807) is 11.1 Å². The molecular weight excluding hydrogens is 432 g/mol. The molecule has 2 unspecified atom stereocenters. The van der Waals surface area contributed by atoms with E-state index >= 15 is 0 Å². The number of thioether (sulfide) groups is 1. The van der Waals surface area contributed by atoms with Crippen molar-refractivity contribution in [1.82, 2.24) is 0 Å². The molecule has 2 aliphatic carbocycles. The number of aryl methyl sites for hydroxylation is 1. The molecule has 0 aromatic heterocycles. The second-order valence-electron chi connectivity index (χ2n) is 10.7. The van der Waals surface area contributed by atoms with E-state index in [0.29, 0.717) is 0 Å². The zero-order valence-electron chi connectivity index (χ0n) is 22.1. The summed E-state index contributed by atoms with van der Waals surface area (Å²) in [5, 5.41) is 0.728. The Morgan fingerprint density at radius 3 is 2.38 bits per heavy atom. The van der Waals surface area contributed by atoms with Crippen molar-refractivity contribution in [3.8, 4) is 5.75 Å². The maximum absolute atomic E-state index is 6.05. The molecule has 0 radical (unpaired) electrons. The first kappa shape index (κ1) is 27.2. The van der Waals surface area contributed by atoms with Crippen molar-refractivity contribution in [1.29, 1.82) is 0 Å². The summed E-state index contributed by atoms with van der Waals surface area (Å²) in [5.74, 6) is 2.65. The van der Waals surface area contributed by atoms with E-state index in [0.717, 1.165) is 22.9 Å².